The van der Waals surface area contributed by atoms with Crippen LogP contribution in [0.1, 0.15) is 48.8 Å². The van der Waals surface area contributed by atoms with Crippen LogP contribution in [0.15, 0.2) is 97.1 Å². The van der Waals surface area contributed by atoms with Gasteiger partial charge in [-0.2, -0.15) is 0 Å². The van der Waals surface area contributed by atoms with Gasteiger partial charge in [0.05, 0.1) is 13.2 Å². The minimum Gasteiger partial charge on any atom is -0.497 e. The number of rotatable bonds is 18. The lowest BCUT2D eigenvalue weighted by molar-refractivity contribution is -0.142. The summed E-state index contributed by atoms with van der Waals surface area (Å²) in [6, 6.07) is 27.4. The van der Waals surface area contributed by atoms with Crippen LogP contribution in [-0.2, 0) is 27.2 Å². The van der Waals surface area contributed by atoms with Gasteiger partial charge >= 0.3 is 5.97 Å². The zero-order valence-electron chi connectivity index (χ0n) is 27.5. The smallest absolute Gasteiger partial charge is 0.326 e. The minimum atomic E-state index is -1.16. The van der Waals surface area contributed by atoms with Crippen molar-refractivity contribution in [2.45, 2.75) is 69.3 Å². The molecule has 0 radical (unpaired) electrons. The van der Waals surface area contributed by atoms with E-state index >= 15 is 0 Å². The number of fused-ring (bicyclic) bond motifs is 1. The van der Waals surface area contributed by atoms with Crippen molar-refractivity contribution in [3.63, 3.8) is 0 Å². The Morgan fingerprint density at radius 3 is 2.02 bits per heavy atom. The van der Waals surface area contributed by atoms with Crippen LogP contribution in [0.3, 0.4) is 0 Å². The number of amides is 2. The van der Waals surface area contributed by atoms with Crippen molar-refractivity contribution in [3.05, 3.63) is 114 Å². The number of methoxy groups -OCH3 is 1. The molecule has 254 valence electrons. The molecule has 10 heteroatoms. The fourth-order valence-electron chi connectivity index (χ4n) is 5.56. The number of aliphatic hydroxyl groups is 1. The summed E-state index contributed by atoms with van der Waals surface area (Å²) in [5, 5.41) is 31.3. The van der Waals surface area contributed by atoms with Crippen LogP contribution in [0, 0.1) is 0 Å². The average molecular weight is 655 g/mol. The van der Waals surface area contributed by atoms with Crippen LogP contribution < -0.4 is 26.4 Å². The Hall–Kier alpha value is -4.77. The van der Waals surface area contributed by atoms with Gasteiger partial charge in [-0.25, -0.2) is 4.79 Å². The summed E-state index contributed by atoms with van der Waals surface area (Å²) in [6.07, 6.45) is 0.923. The van der Waals surface area contributed by atoms with Crippen LogP contribution in [0.25, 0.3) is 10.8 Å². The molecule has 0 aliphatic heterocycles. The van der Waals surface area contributed by atoms with Gasteiger partial charge in [-0.15, -0.1) is 0 Å². The summed E-state index contributed by atoms with van der Waals surface area (Å²) in [7, 11) is 1.63. The van der Waals surface area contributed by atoms with Gasteiger partial charge in [0.2, 0.25) is 11.8 Å². The number of benzene rings is 4. The highest BCUT2D eigenvalue weighted by molar-refractivity contribution is 5.92. The molecule has 2 amide bonds. The molecule has 4 aromatic rings. The van der Waals surface area contributed by atoms with Crippen LogP contribution in [0.4, 0.5) is 0 Å². The van der Waals surface area contributed by atoms with Crippen LogP contribution >= 0.6 is 0 Å². The van der Waals surface area contributed by atoms with E-state index in [-0.39, 0.29) is 18.8 Å². The second kappa shape index (κ2) is 18.0. The number of ether oxygens (including phenoxy) is 1. The summed E-state index contributed by atoms with van der Waals surface area (Å²) < 4.78 is 5.30. The Morgan fingerprint density at radius 1 is 0.771 bits per heavy atom. The highest BCUT2D eigenvalue weighted by atomic mass is 16.5. The number of aliphatic carboxylic acids is 1. The second-order valence-corrected chi connectivity index (χ2v) is 12.1. The number of carbonyl (C=O) groups is 3. The summed E-state index contributed by atoms with van der Waals surface area (Å²) in [4.78, 5) is 38.5. The number of unbranched alkanes of at least 4 members (excludes halogenated alkanes) is 1. The third-order valence-corrected chi connectivity index (χ3v) is 8.51. The van der Waals surface area contributed by atoms with E-state index < -0.39 is 42.1 Å². The van der Waals surface area contributed by atoms with Crippen molar-refractivity contribution in [2.75, 3.05) is 13.7 Å². The zero-order valence-corrected chi connectivity index (χ0v) is 27.5. The lowest BCUT2D eigenvalue weighted by Crippen LogP contribution is -2.55. The quantitative estimate of drug-likeness (QED) is 0.0695. The Kier molecular flexibility index (Phi) is 13.5. The molecular formula is C38H46N4O6. The molecule has 0 aliphatic carbocycles. The molecule has 0 bridgehead atoms. The van der Waals surface area contributed by atoms with Crippen molar-refractivity contribution in [1.82, 2.24) is 16.0 Å². The summed E-state index contributed by atoms with van der Waals surface area (Å²) in [5.74, 6) is -1.65. The van der Waals surface area contributed by atoms with Crippen molar-refractivity contribution < 1.29 is 29.3 Å². The van der Waals surface area contributed by atoms with Crippen LogP contribution in [-0.4, -0.2) is 66.0 Å². The fourth-order valence-corrected chi connectivity index (χ4v) is 5.56. The molecule has 5 atom stereocenters. The molecule has 5 unspecified atom stereocenters. The molecule has 48 heavy (non-hydrogen) atoms. The topological polar surface area (TPSA) is 163 Å². The van der Waals surface area contributed by atoms with Gasteiger partial charge in [-0.3, -0.25) is 14.9 Å². The van der Waals surface area contributed by atoms with Gasteiger partial charge in [0.1, 0.15) is 24.1 Å². The number of hydrogen-bond acceptors (Lipinski definition) is 7. The van der Waals surface area contributed by atoms with E-state index in [9.17, 15) is 24.6 Å². The van der Waals surface area contributed by atoms with E-state index in [0.29, 0.717) is 25.8 Å². The van der Waals surface area contributed by atoms with Gasteiger partial charge in [0.15, 0.2) is 0 Å². The third kappa shape index (κ3) is 10.6. The number of aliphatic hydroxyl groups excluding tert-OH is 1. The zero-order chi connectivity index (χ0) is 34.5. The first-order chi connectivity index (χ1) is 23.1. The Balaban J connectivity index is 1.28. The minimum absolute atomic E-state index is 0.175. The van der Waals surface area contributed by atoms with Crippen LogP contribution in [0.5, 0.6) is 5.75 Å². The van der Waals surface area contributed by atoms with E-state index in [2.05, 4.69) is 22.0 Å². The molecule has 4 rings (SSSR count). The van der Waals surface area contributed by atoms with Crippen molar-refractivity contribution >= 4 is 28.6 Å². The molecule has 0 spiro atoms. The molecule has 0 heterocycles. The lowest BCUT2D eigenvalue weighted by Gasteiger charge is -2.23. The monoisotopic (exact) mass is 654 g/mol. The molecule has 0 saturated heterocycles. The number of carboxylic acids is 1. The first-order valence-electron chi connectivity index (χ1n) is 16.3. The highest BCUT2D eigenvalue weighted by Crippen LogP contribution is 2.26. The first-order valence-corrected chi connectivity index (χ1v) is 16.3. The first kappa shape index (κ1) is 36.1. The van der Waals surface area contributed by atoms with Gasteiger partial charge in [0, 0.05) is 12.3 Å². The number of nitrogens with one attached hydrogen (secondary N) is 3. The second-order valence-electron chi connectivity index (χ2n) is 12.1. The Labute approximate surface area is 281 Å². The van der Waals surface area contributed by atoms with E-state index in [1.54, 1.807) is 7.11 Å². The normalized spacial score (nSPS) is 14.3. The van der Waals surface area contributed by atoms with Gasteiger partial charge in [-0.05, 0) is 71.8 Å². The standard InChI is InChI=1S/C38H46N4O6/c1-25(28-16-17-30-24-31(48-2)19-18-29(30)23-28)35(43)40-20-10-9-15-33(38(46)47)41-37(45)34(22-27-13-7-4-8-14-27)42-36(44)32(39)21-26-11-5-3-6-12-26/h3-8,11-14,16-19,23-25,32-35,40,43H,9-10,15,20-22,39H2,1-2H3,(H,41,45)(H,42,44)(H,46,47). The molecule has 0 fully saturated rings. The van der Waals surface area contributed by atoms with E-state index in [1.165, 1.54) is 0 Å². The maximum absolute atomic E-state index is 13.4. The number of nitrogens with two attached hydrogens (primary N) is 1. The number of carboxylic acid groups (broad SMARTS) is 1. The van der Waals surface area contributed by atoms with Crippen molar-refractivity contribution in [3.8, 4) is 5.75 Å². The molecular weight excluding hydrogens is 608 g/mol. The number of carbonyl (C=O) groups excluding carboxylic acids is 2. The van der Waals surface area contributed by atoms with E-state index in [4.69, 9.17) is 10.5 Å². The van der Waals surface area contributed by atoms with E-state index in [1.807, 2.05) is 97.9 Å². The van der Waals surface area contributed by atoms with Crippen LogP contribution in [0.2, 0.25) is 0 Å². The number of hydrogen-bond donors (Lipinski definition) is 6. The maximum atomic E-state index is 13.4. The SMILES string of the molecule is COc1ccc2cc(C(C)C(O)NCCCCC(NC(=O)C(Cc3ccccc3)NC(=O)C(N)Cc3ccccc3)C(=O)O)ccc2c1. The Bertz CT molecular complexity index is 1630. The average Bonchev–Trinajstić information content (AvgIpc) is 3.10. The maximum Gasteiger partial charge on any atom is 0.326 e. The van der Waals surface area contributed by atoms with Crippen molar-refractivity contribution in [2.24, 2.45) is 5.73 Å². The predicted molar refractivity (Wildman–Crippen MR) is 187 cm³/mol. The van der Waals surface area contributed by atoms with Gasteiger partial charge < -0.3 is 31.3 Å². The molecule has 10 nitrogen and oxygen atoms in total. The van der Waals surface area contributed by atoms with Crippen molar-refractivity contribution in [1.29, 1.82) is 0 Å². The molecule has 0 saturated carbocycles. The van der Waals surface area contributed by atoms with Gasteiger partial charge in [-0.1, -0.05) is 91.9 Å². The third-order valence-electron chi connectivity index (χ3n) is 8.51. The molecule has 4 aromatic carbocycles. The largest absolute Gasteiger partial charge is 0.497 e. The molecule has 0 aromatic heterocycles. The molecule has 0 aliphatic rings. The lowest BCUT2D eigenvalue weighted by atomic mass is 9.96. The summed E-state index contributed by atoms with van der Waals surface area (Å²) in [5.41, 5.74) is 8.86. The summed E-state index contributed by atoms with van der Waals surface area (Å²) >= 11 is 0. The predicted octanol–water partition coefficient (Wildman–Crippen LogP) is 3.90. The fraction of sp³-hybridized carbons (Fsp3) is 0.342. The van der Waals surface area contributed by atoms with E-state index in [0.717, 1.165) is 33.2 Å². The Morgan fingerprint density at radius 2 is 1.38 bits per heavy atom. The summed E-state index contributed by atoms with van der Waals surface area (Å²) in [6.45, 7) is 2.40. The highest BCUT2D eigenvalue weighted by Gasteiger charge is 2.28. The molecule has 7 N–H and O–H groups in total. The van der Waals surface area contributed by atoms with Gasteiger partial charge in [0.25, 0.3) is 0 Å².